The molecule has 8 nitrogen and oxygen atoms in total. The zero-order chi connectivity index (χ0) is 15.4. The number of nitro groups is 1. The molecule has 0 fully saturated rings. The van der Waals surface area contributed by atoms with Crippen molar-refractivity contribution in [2.24, 2.45) is 0 Å². The molecule has 2 N–H and O–H groups in total. The van der Waals surface area contributed by atoms with Crippen LogP contribution in [0.3, 0.4) is 0 Å². The van der Waals surface area contributed by atoms with Crippen LogP contribution in [0.25, 0.3) is 0 Å². The van der Waals surface area contributed by atoms with Gasteiger partial charge in [0.1, 0.15) is 5.69 Å². The summed E-state index contributed by atoms with van der Waals surface area (Å²) in [5.74, 6) is -1.05. The highest BCUT2D eigenvalue weighted by Crippen LogP contribution is 2.25. The third-order valence-corrected chi connectivity index (χ3v) is 2.74. The van der Waals surface area contributed by atoms with Gasteiger partial charge in [-0.15, -0.1) is 0 Å². The molecule has 0 saturated heterocycles. The van der Waals surface area contributed by atoms with E-state index in [0.29, 0.717) is 5.56 Å². The number of carboxylic acid groups (broad SMARTS) is 1. The molecule has 108 valence electrons. The summed E-state index contributed by atoms with van der Waals surface area (Å²) in [6, 6.07) is 4.11. The van der Waals surface area contributed by atoms with E-state index in [1.54, 1.807) is 6.07 Å². The molecule has 0 aliphatic rings. The second-order valence-corrected chi connectivity index (χ2v) is 4.43. The third kappa shape index (κ3) is 3.63. The van der Waals surface area contributed by atoms with Crippen molar-refractivity contribution in [1.29, 1.82) is 0 Å². The quantitative estimate of drug-likeness (QED) is 0.642. The molecule has 0 radical (unpaired) electrons. The van der Waals surface area contributed by atoms with E-state index in [1.807, 2.05) is 0 Å². The minimum absolute atomic E-state index is 0.0747. The Morgan fingerprint density at radius 1 is 1.38 bits per heavy atom. The molecular weight excluding hydrogens is 300 g/mol. The Morgan fingerprint density at radius 2 is 2.14 bits per heavy atom. The first-order chi connectivity index (χ1) is 9.97. The average molecular weight is 309 g/mol. The SMILES string of the molecule is O=C(O)c1ccc(CNc2ncc(Cl)cc2[N+](=O)[O-])cn1. The molecular formula is C12H9ClN4O4. The highest BCUT2D eigenvalue weighted by Gasteiger charge is 2.15. The maximum Gasteiger partial charge on any atom is 0.354 e. The molecule has 21 heavy (non-hydrogen) atoms. The highest BCUT2D eigenvalue weighted by molar-refractivity contribution is 6.30. The van der Waals surface area contributed by atoms with Crippen LogP contribution in [0, 0.1) is 10.1 Å². The number of carbonyl (C=O) groups is 1. The van der Waals surface area contributed by atoms with Gasteiger partial charge >= 0.3 is 11.7 Å². The summed E-state index contributed by atoms with van der Waals surface area (Å²) in [5, 5.41) is 22.6. The number of halogens is 1. The molecule has 0 atom stereocenters. The fourth-order valence-corrected chi connectivity index (χ4v) is 1.70. The number of nitrogens with one attached hydrogen (secondary N) is 1. The van der Waals surface area contributed by atoms with Gasteiger partial charge in [0, 0.05) is 25.0 Å². The second kappa shape index (κ2) is 6.14. The molecule has 0 aromatic carbocycles. The van der Waals surface area contributed by atoms with Crippen molar-refractivity contribution in [3.63, 3.8) is 0 Å². The number of pyridine rings is 2. The topological polar surface area (TPSA) is 118 Å². The molecule has 2 aromatic rings. The average Bonchev–Trinajstić information content (AvgIpc) is 2.46. The molecule has 9 heteroatoms. The van der Waals surface area contributed by atoms with E-state index < -0.39 is 10.9 Å². The van der Waals surface area contributed by atoms with Crippen LogP contribution in [-0.4, -0.2) is 26.0 Å². The van der Waals surface area contributed by atoms with Gasteiger partial charge in [0.2, 0.25) is 5.82 Å². The molecule has 0 spiro atoms. The summed E-state index contributed by atoms with van der Waals surface area (Å²) < 4.78 is 0. The molecule has 0 aliphatic carbocycles. The second-order valence-electron chi connectivity index (χ2n) is 3.99. The van der Waals surface area contributed by atoms with Gasteiger partial charge in [-0.05, 0) is 11.6 Å². The zero-order valence-corrected chi connectivity index (χ0v) is 11.2. The Hall–Kier alpha value is -2.74. The van der Waals surface area contributed by atoms with E-state index in [9.17, 15) is 14.9 Å². The predicted molar refractivity (Wildman–Crippen MR) is 74.4 cm³/mol. The van der Waals surface area contributed by atoms with Crippen LogP contribution in [0.5, 0.6) is 0 Å². The van der Waals surface area contributed by atoms with Crippen LogP contribution in [0.1, 0.15) is 16.1 Å². The van der Waals surface area contributed by atoms with Gasteiger partial charge in [-0.2, -0.15) is 0 Å². The fraction of sp³-hybridized carbons (Fsp3) is 0.0833. The summed E-state index contributed by atoms with van der Waals surface area (Å²) in [7, 11) is 0. The summed E-state index contributed by atoms with van der Waals surface area (Å²) in [6.45, 7) is 0.211. The van der Waals surface area contributed by atoms with Gasteiger partial charge < -0.3 is 10.4 Å². The van der Waals surface area contributed by atoms with E-state index in [0.717, 1.165) is 0 Å². The van der Waals surface area contributed by atoms with Gasteiger partial charge in [-0.3, -0.25) is 10.1 Å². The Kier molecular flexibility index (Phi) is 4.29. The number of nitrogens with zero attached hydrogens (tertiary/aromatic N) is 3. The minimum Gasteiger partial charge on any atom is -0.477 e. The highest BCUT2D eigenvalue weighted by atomic mass is 35.5. The van der Waals surface area contributed by atoms with E-state index in [1.165, 1.54) is 24.5 Å². The summed E-state index contributed by atoms with van der Waals surface area (Å²) in [4.78, 5) is 28.6. The first kappa shape index (κ1) is 14.7. The van der Waals surface area contributed by atoms with Crippen molar-refractivity contribution >= 4 is 29.1 Å². The van der Waals surface area contributed by atoms with Crippen molar-refractivity contribution in [2.75, 3.05) is 5.32 Å². The van der Waals surface area contributed by atoms with Crippen molar-refractivity contribution in [1.82, 2.24) is 9.97 Å². The van der Waals surface area contributed by atoms with Crippen molar-refractivity contribution in [3.8, 4) is 0 Å². The smallest absolute Gasteiger partial charge is 0.354 e. The van der Waals surface area contributed by atoms with Crippen LogP contribution in [0.4, 0.5) is 11.5 Å². The van der Waals surface area contributed by atoms with Crippen LogP contribution in [0.15, 0.2) is 30.6 Å². The maximum absolute atomic E-state index is 10.9. The van der Waals surface area contributed by atoms with E-state index in [-0.39, 0.29) is 28.8 Å². The number of carboxylic acids is 1. The molecule has 0 bridgehead atoms. The van der Waals surface area contributed by atoms with Gasteiger partial charge in [0.15, 0.2) is 0 Å². The van der Waals surface area contributed by atoms with Crippen molar-refractivity contribution in [3.05, 3.63) is 57.0 Å². The van der Waals surface area contributed by atoms with Crippen molar-refractivity contribution < 1.29 is 14.8 Å². The monoisotopic (exact) mass is 308 g/mol. The number of hydrogen-bond donors (Lipinski definition) is 2. The number of aromatic nitrogens is 2. The van der Waals surface area contributed by atoms with Gasteiger partial charge in [0.25, 0.3) is 0 Å². The van der Waals surface area contributed by atoms with Crippen LogP contribution >= 0.6 is 11.6 Å². The first-order valence-corrected chi connectivity index (χ1v) is 6.07. The Morgan fingerprint density at radius 3 is 2.71 bits per heavy atom. The minimum atomic E-state index is -1.12. The van der Waals surface area contributed by atoms with E-state index in [4.69, 9.17) is 16.7 Å². The Labute approximate surface area is 123 Å². The van der Waals surface area contributed by atoms with E-state index >= 15 is 0 Å². The van der Waals surface area contributed by atoms with Crippen LogP contribution in [-0.2, 0) is 6.54 Å². The number of aromatic carboxylic acids is 1. The molecule has 2 heterocycles. The lowest BCUT2D eigenvalue weighted by molar-refractivity contribution is -0.384. The van der Waals surface area contributed by atoms with Crippen LogP contribution in [0.2, 0.25) is 5.02 Å². The lowest BCUT2D eigenvalue weighted by atomic mass is 10.2. The third-order valence-electron chi connectivity index (χ3n) is 2.53. The molecule has 2 aromatic heterocycles. The number of rotatable bonds is 5. The molecule has 0 amide bonds. The van der Waals surface area contributed by atoms with Gasteiger partial charge in [0.05, 0.1) is 9.95 Å². The van der Waals surface area contributed by atoms with Gasteiger partial charge in [-0.25, -0.2) is 14.8 Å². The summed E-state index contributed by atoms with van der Waals surface area (Å²) in [5.41, 5.74) is 0.345. The molecule has 0 unspecified atom stereocenters. The molecule has 0 aliphatic heterocycles. The van der Waals surface area contributed by atoms with Gasteiger partial charge in [-0.1, -0.05) is 17.7 Å². The lowest BCUT2D eigenvalue weighted by Gasteiger charge is -2.06. The van der Waals surface area contributed by atoms with E-state index in [2.05, 4.69) is 15.3 Å². The molecule has 0 saturated carbocycles. The van der Waals surface area contributed by atoms with Crippen molar-refractivity contribution in [2.45, 2.75) is 6.54 Å². The zero-order valence-electron chi connectivity index (χ0n) is 10.5. The normalized spacial score (nSPS) is 10.1. The largest absolute Gasteiger partial charge is 0.477 e. The fourth-order valence-electron chi connectivity index (χ4n) is 1.55. The number of hydrogen-bond acceptors (Lipinski definition) is 6. The lowest BCUT2D eigenvalue weighted by Crippen LogP contribution is -2.06. The maximum atomic E-state index is 10.9. The predicted octanol–water partition coefficient (Wildman–Crippen LogP) is 2.35. The summed E-state index contributed by atoms with van der Waals surface area (Å²) >= 11 is 5.66. The Balaban J connectivity index is 2.13. The standard InChI is InChI=1S/C12H9ClN4O4/c13-8-3-10(17(20)21)11(16-6-8)15-5-7-1-2-9(12(18)19)14-4-7/h1-4,6H,5H2,(H,15,16)(H,18,19). The first-order valence-electron chi connectivity index (χ1n) is 5.69. The van der Waals surface area contributed by atoms with Crippen LogP contribution < -0.4 is 5.32 Å². The Bertz CT molecular complexity index is 690. The number of anilines is 1. The molecule has 2 rings (SSSR count). The summed E-state index contributed by atoms with van der Waals surface area (Å²) in [6.07, 6.45) is 2.67.